The van der Waals surface area contributed by atoms with Crippen LogP contribution in [0.4, 0.5) is 11.4 Å². The molecular weight excluding hydrogens is 360 g/mol. The molecule has 0 saturated heterocycles. The first kappa shape index (κ1) is 18.3. The molecule has 4 heteroatoms. The van der Waals surface area contributed by atoms with Crippen molar-refractivity contribution in [1.82, 2.24) is 0 Å². The second-order valence-electron chi connectivity index (χ2n) is 6.67. The van der Waals surface area contributed by atoms with Gasteiger partial charge in [0.25, 0.3) is 0 Å². The molecule has 4 N–H and O–H groups in total. The molecule has 0 fully saturated rings. The zero-order valence-electron chi connectivity index (χ0n) is 15.7. The molecule has 0 aliphatic rings. The lowest BCUT2D eigenvalue weighted by molar-refractivity contribution is 0.103. The van der Waals surface area contributed by atoms with Gasteiger partial charge in [0, 0.05) is 11.3 Å². The summed E-state index contributed by atoms with van der Waals surface area (Å²) in [5, 5.41) is 0. The van der Waals surface area contributed by atoms with Crippen molar-refractivity contribution >= 4 is 17.2 Å². The summed E-state index contributed by atoms with van der Waals surface area (Å²) < 4.78 is 6.03. The van der Waals surface area contributed by atoms with Crippen LogP contribution in [0.25, 0.3) is 11.1 Å². The largest absolute Gasteiger partial charge is 0.454 e. The van der Waals surface area contributed by atoms with Crippen LogP contribution in [0, 0.1) is 0 Å². The normalized spacial score (nSPS) is 10.5. The summed E-state index contributed by atoms with van der Waals surface area (Å²) in [6.45, 7) is 0. The number of para-hydroxylation sites is 1. The number of benzene rings is 4. The van der Waals surface area contributed by atoms with Gasteiger partial charge in [-0.15, -0.1) is 0 Å². The van der Waals surface area contributed by atoms with E-state index in [4.69, 9.17) is 16.2 Å². The summed E-state index contributed by atoms with van der Waals surface area (Å²) in [7, 11) is 0. The number of ketones is 1. The molecule has 0 heterocycles. The van der Waals surface area contributed by atoms with Crippen molar-refractivity contribution in [3.8, 4) is 22.6 Å². The number of anilines is 2. The van der Waals surface area contributed by atoms with Gasteiger partial charge in [0.2, 0.25) is 0 Å². The predicted molar refractivity (Wildman–Crippen MR) is 117 cm³/mol. The highest BCUT2D eigenvalue weighted by atomic mass is 16.5. The van der Waals surface area contributed by atoms with Crippen molar-refractivity contribution in [3.63, 3.8) is 0 Å². The first-order valence-electron chi connectivity index (χ1n) is 9.24. The third-order valence-electron chi connectivity index (χ3n) is 4.64. The average Bonchev–Trinajstić information content (AvgIpc) is 2.76. The number of carbonyl (C=O) groups is 1. The quantitative estimate of drug-likeness (QED) is 0.352. The van der Waals surface area contributed by atoms with Crippen LogP contribution in [0.1, 0.15) is 15.9 Å². The van der Waals surface area contributed by atoms with Gasteiger partial charge in [-0.2, -0.15) is 0 Å². The summed E-state index contributed by atoms with van der Waals surface area (Å²) in [5.41, 5.74) is 16.3. The van der Waals surface area contributed by atoms with Gasteiger partial charge in [0.1, 0.15) is 11.5 Å². The molecule has 0 aliphatic carbocycles. The Hall–Kier alpha value is -4.05. The van der Waals surface area contributed by atoms with Gasteiger partial charge >= 0.3 is 0 Å². The van der Waals surface area contributed by atoms with Crippen LogP contribution in [-0.4, -0.2) is 5.78 Å². The number of nitrogen functional groups attached to an aromatic ring is 2. The SMILES string of the molecule is Nc1ccc(-c2ccc(Oc3ccccc3C(=O)c3ccccc3)c(N)c2)cc1. The van der Waals surface area contributed by atoms with E-state index in [1.165, 1.54) is 0 Å². The van der Waals surface area contributed by atoms with Gasteiger partial charge in [0.15, 0.2) is 5.78 Å². The van der Waals surface area contributed by atoms with Crippen molar-refractivity contribution in [2.75, 3.05) is 11.5 Å². The van der Waals surface area contributed by atoms with Gasteiger partial charge in [0.05, 0.1) is 11.3 Å². The predicted octanol–water partition coefficient (Wildman–Crippen LogP) is 5.54. The first-order valence-corrected chi connectivity index (χ1v) is 9.24. The van der Waals surface area contributed by atoms with E-state index in [1.54, 1.807) is 24.3 Å². The number of hydrogen-bond donors (Lipinski definition) is 2. The molecule has 29 heavy (non-hydrogen) atoms. The summed E-state index contributed by atoms with van der Waals surface area (Å²) in [4.78, 5) is 12.9. The highest BCUT2D eigenvalue weighted by Crippen LogP contribution is 2.34. The molecule has 0 aromatic heterocycles. The van der Waals surface area contributed by atoms with E-state index in [2.05, 4.69) is 0 Å². The number of rotatable bonds is 5. The fraction of sp³-hybridized carbons (Fsp3) is 0. The minimum absolute atomic E-state index is 0.0988. The van der Waals surface area contributed by atoms with Crippen LogP contribution in [0.3, 0.4) is 0 Å². The first-order chi connectivity index (χ1) is 14.1. The van der Waals surface area contributed by atoms with Gasteiger partial charge in [-0.3, -0.25) is 4.79 Å². The van der Waals surface area contributed by atoms with Crippen molar-refractivity contribution in [2.45, 2.75) is 0 Å². The van der Waals surface area contributed by atoms with E-state index in [0.29, 0.717) is 34.0 Å². The lowest BCUT2D eigenvalue weighted by Crippen LogP contribution is -2.04. The Balaban J connectivity index is 1.63. The van der Waals surface area contributed by atoms with Crippen LogP contribution in [0.2, 0.25) is 0 Å². The van der Waals surface area contributed by atoms with Gasteiger partial charge < -0.3 is 16.2 Å². The summed E-state index contributed by atoms with van der Waals surface area (Å²) in [6.07, 6.45) is 0. The average molecular weight is 380 g/mol. The Morgan fingerprint density at radius 1 is 0.655 bits per heavy atom. The Labute approximate surface area is 169 Å². The number of nitrogens with two attached hydrogens (primary N) is 2. The second kappa shape index (κ2) is 7.90. The highest BCUT2D eigenvalue weighted by molar-refractivity contribution is 6.10. The fourth-order valence-corrected chi connectivity index (χ4v) is 3.10. The Kier molecular flexibility index (Phi) is 4.99. The van der Waals surface area contributed by atoms with Gasteiger partial charge in [-0.05, 0) is 47.5 Å². The third kappa shape index (κ3) is 3.96. The zero-order valence-corrected chi connectivity index (χ0v) is 15.7. The van der Waals surface area contributed by atoms with Crippen LogP contribution >= 0.6 is 0 Å². The Morgan fingerprint density at radius 3 is 2.03 bits per heavy atom. The standard InChI is InChI=1S/C25H20N2O2/c26-20-13-10-17(11-14-20)19-12-15-24(22(27)16-19)29-23-9-5-4-8-21(23)25(28)18-6-2-1-3-7-18/h1-16H,26-27H2. The molecule has 4 aromatic carbocycles. The lowest BCUT2D eigenvalue weighted by atomic mass is 10.0. The maximum atomic E-state index is 12.9. The molecule has 0 saturated carbocycles. The molecule has 0 unspecified atom stereocenters. The topological polar surface area (TPSA) is 78.3 Å². The maximum Gasteiger partial charge on any atom is 0.196 e. The molecule has 142 valence electrons. The highest BCUT2D eigenvalue weighted by Gasteiger charge is 2.15. The van der Waals surface area contributed by atoms with Crippen molar-refractivity contribution in [3.05, 3.63) is 108 Å². The summed E-state index contributed by atoms with van der Waals surface area (Å²) in [6, 6.07) is 29.5. The van der Waals surface area contributed by atoms with E-state index in [9.17, 15) is 4.79 Å². The molecule has 4 nitrogen and oxygen atoms in total. The van der Waals surface area contributed by atoms with E-state index >= 15 is 0 Å². The molecule has 4 aromatic rings. The summed E-state index contributed by atoms with van der Waals surface area (Å²) in [5.74, 6) is 0.865. The molecule has 0 bridgehead atoms. The van der Waals surface area contributed by atoms with Crippen LogP contribution < -0.4 is 16.2 Å². The molecule has 4 rings (SSSR count). The number of hydrogen-bond acceptors (Lipinski definition) is 4. The van der Waals surface area contributed by atoms with Crippen LogP contribution in [-0.2, 0) is 0 Å². The van der Waals surface area contributed by atoms with Crippen LogP contribution in [0.15, 0.2) is 97.1 Å². The second-order valence-corrected chi connectivity index (χ2v) is 6.67. The van der Waals surface area contributed by atoms with Crippen molar-refractivity contribution in [2.24, 2.45) is 0 Å². The van der Waals surface area contributed by atoms with E-state index < -0.39 is 0 Å². The maximum absolute atomic E-state index is 12.9. The van der Waals surface area contributed by atoms with E-state index in [0.717, 1.165) is 11.1 Å². The van der Waals surface area contributed by atoms with Gasteiger partial charge in [-0.1, -0.05) is 60.7 Å². The smallest absolute Gasteiger partial charge is 0.196 e. The minimum Gasteiger partial charge on any atom is -0.454 e. The van der Waals surface area contributed by atoms with Crippen molar-refractivity contribution in [1.29, 1.82) is 0 Å². The Bertz CT molecular complexity index is 1150. The number of ether oxygens (including phenoxy) is 1. The number of carbonyl (C=O) groups excluding carboxylic acids is 1. The van der Waals surface area contributed by atoms with Gasteiger partial charge in [-0.25, -0.2) is 0 Å². The van der Waals surface area contributed by atoms with Crippen molar-refractivity contribution < 1.29 is 9.53 Å². The molecule has 0 aliphatic heterocycles. The van der Waals surface area contributed by atoms with E-state index in [-0.39, 0.29) is 5.78 Å². The fourth-order valence-electron chi connectivity index (χ4n) is 3.10. The monoisotopic (exact) mass is 380 g/mol. The molecule has 0 radical (unpaired) electrons. The minimum atomic E-state index is -0.0988. The zero-order chi connectivity index (χ0) is 20.2. The summed E-state index contributed by atoms with van der Waals surface area (Å²) >= 11 is 0. The van der Waals surface area contributed by atoms with E-state index in [1.807, 2.05) is 72.8 Å². The molecule has 0 amide bonds. The molecular formula is C25H20N2O2. The molecule has 0 spiro atoms. The van der Waals surface area contributed by atoms with Crippen LogP contribution in [0.5, 0.6) is 11.5 Å². The Morgan fingerprint density at radius 2 is 1.31 bits per heavy atom. The molecule has 0 atom stereocenters. The lowest BCUT2D eigenvalue weighted by Gasteiger charge is -2.13. The third-order valence-corrected chi connectivity index (χ3v) is 4.64.